The van der Waals surface area contributed by atoms with E-state index in [0.29, 0.717) is 17.2 Å². The molecule has 0 spiro atoms. The average Bonchev–Trinajstić information content (AvgIpc) is 2.93. The Kier molecular flexibility index (Phi) is 7.15. The van der Waals surface area contributed by atoms with Crippen molar-refractivity contribution in [1.82, 2.24) is 15.5 Å². The Morgan fingerprint density at radius 2 is 2.07 bits per heavy atom. The molecular weight excluding hydrogens is 362 g/mol. The van der Waals surface area contributed by atoms with Gasteiger partial charge in [0.2, 0.25) is 5.91 Å². The molecule has 2 aromatic rings. The van der Waals surface area contributed by atoms with Gasteiger partial charge in [0.05, 0.1) is 5.25 Å². The molecule has 1 aromatic heterocycles. The van der Waals surface area contributed by atoms with Gasteiger partial charge in [-0.2, -0.15) is 0 Å². The van der Waals surface area contributed by atoms with Crippen LogP contribution in [0.2, 0.25) is 0 Å². The highest BCUT2D eigenvalue weighted by Crippen LogP contribution is 2.24. The second-order valence-corrected chi connectivity index (χ2v) is 8.32. The van der Waals surface area contributed by atoms with E-state index in [-0.39, 0.29) is 17.8 Å². The van der Waals surface area contributed by atoms with Crippen molar-refractivity contribution in [2.24, 2.45) is 0 Å². The molecule has 7 heteroatoms. The van der Waals surface area contributed by atoms with E-state index in [2.05, 4.69) is 15.5 Å². The first-order chi connectivity index (χ1) is 13.1. The summed E-state index contributed by atoms with van der Waals surface area (Å²) in [5.74, 6) is 1.19. The van der Waals surface area contributed by atoms with Gasteiger partial charge < -0.3 is 14.5 Å². The summed E-state index contributed by atoms with van der Waals surface area (Å²) < 4.78 is 11.3. The number of carbonyl (C=O) groups excluding carboxylic acids is 1. The first-order valence-corrected chi connectivity index (χ1v) is 10.5. The maximum absolute atomic E-state index is 12.4. The Morgan fingerprint density at radius 1 is 1.30 bits per heavy atom. The van der Waals surface area contributed by atoms with Crippen molar-refractivity contribution in [3.63, 3.8) is 0 Å². The Balaban J connectivity index is 1.46. The topological polar surface area (TPSA) is 77.2 Å². The van der Waals surface area contributed by atoms with E-state index >= 15 is 0 Å². The smallest absolute Gasteiger partial charge is 0.277 e. The lowest BCUT2D eigenvalue weighted by Gasteiger charge is -2.18. The van der Waals surface area contributed by atoms with Gasteiger partial charge in [0, 0.05) is 6.04 Å². The number of hydrogen-bond acceptors (Lipinski definition) is 6. The van der Waals surface area contributed by atoms with Crippen LogP contribution in [-0.2, 0) is 11.4 Å². The van der Waals surface area contributed by atoms with Crippen molar-refractivity contribution in [3.05, 3.63) is 35.7 Å². The second kappa shape index (κ2) is 9.78. The summed E-state index contributed by atoms with van der Waals surface area (Å²) in [5.41, 5.74) is 1.13. The maximum Gasteiger partial charge on any atom is 0.277 e. The lowest BCUT2D eigenvalue weighted by molar-refractivity contribution is -0.121. The van der Waals surface area contributed by atoms with Crippen molar-refractivity contribution >= 4 is 17.7 Å². The fourth-order valence-electron chi connectivity index (χ4n) is 3.14. The molecule has 3 rings (SSSR count). The monoisotopic (exact) mass is 389 g/mol. The van der Waals surface area contributed by atoms with Crippen LogP contribution in [0, 0.1) is 6.92 Å². The lowest BCUT2D eigenvalue weighted by atomic mass is 10.1. The van der Waals surface area contributed by atoms with E-state index in [1.807, 2.05) is 38.1 Å². The highest BCUT2D eigenvalue weighted by molar-refractivity contribution is 8.00. The fraction of sp³-hybridized carbons (Fsp3) is 0.550. The van der Waals surface area contributed by atoms with Crippen LogP contribution in [0.1, 0.15) is 56.9 Å². The van der Waals surface area contributed by atoms with Gasteiger partial charge >= 0.3 is 0 Å². The highest BCUT2D eigenvalue weighted by Gasteiger charge is 2.22. The summed E-state index contributed by atoms with van der Waals surface area (Å²) in [6.45, 7) is 4.08. The molecule has 1 amide bonds. The van der Waals surface area contributed by atoms with Crippen LogP contribution < -0.4 is 10.1 Å². The van der Waals surface area contributed by atoms with Crippen molar-refractivity contribution in [1.29, 1.82) is 0 Å². The molecule has 0 unspecified atom stereocenters. The second-order valence-electron chi connectivity index (χ2n) is 7.02. The maximum atomic E-state index is 12.4. The molecule has 1 saturated carbocycles. The quantitative estimate of drug-likeness (QED) is 0.563. The molecule has 1 aliphatic rings. The number of aryl methyl sites for hydroxylation is 1. The standard InChI is InChI=1S/C20H27N3O3S/c1-14-8-7-11-17(12-14)25-13-18-22-23-20(26-18)27-15(2)19(24)21-16-9-5-3-4-6-10-16/h7-8,11-12,15-16H,3-6,9-10,13H2,1-2H3,(H,21,24)/t15-/m1/s1. The Hall–Kier alpha value is -2.02. The number of nitrogens with one attached hydrogen (secondary N) is 1. The molecule has 0 bridgehead atoms. The van der Waals surface area contributed by atoms with Crippen LogP contribution in [0.5, 0.6) is 5.75 Å². The zero-order valence-corrected chi connectivity index (χ0v) is 16.8. The van der Waals surface area contributed by atoms with E-state index in [9.17, 15) is 4.79 Å². The third-order valence-corrected chi connectivity index (χ3v) is 5.58. The number of rotatable bonds is 7. The van der Waals surface area contributed by atoms with Crippen LogP contribution in [0.15, 0.2) is 33.9 Å². The predicted octanol–water partition coefficient (Wildman–Crippen LogP) is 4.28. The number of aromatic nitrogens is 2. The highest BCUT2D eigenvalue weighted by atomic mass is 32.2. The minimum Gasteiger partial charge on any atom is -0.484 e. The first-order valence-electron chi connectivity index (χ1n) is 9.59. The van der Waals surface area contributed by atoms with Gasteiger partial charge in [0.15, 0.2) is 6.61 Å². The van der Waals surface area contributed by atoms with E-state index in [1.165, 1.54) is 37.4 Å². The zero-order chi connectivity index (χ0) is 19.1. The van der Waals surface area contributed by atoms with Crippen LogP contribution >= 0.6 is 11.8 Å². The molecule has 1 atom stereocenters. The van der Waals surface area contributed by atoms with Gasteiger partial charge in [0.25, 0.3) is 11.1 Å². The molecule has 1 aromatic carbocycles. The lowest BCUT2D eigenvalue weighted by Crippen LogP contribution is -2.39. The van der Waals surface area contributed by atoms with E-state index in [0.717, 1.165) is 24.2 Å². The van der Waals surface area contributed by atoms with Crippen LogP contribution in [0.25, 0.3) is 0 Å². The van der Waals surface area contributed by atoms with Gasteiger partial charge in [0.1, 0.15) is 5.75 Å². The molecule has 0 saturated heterocycles. The normalized spacial score (nSPS) is 16.5. The molecule has 27 heavy (non-hydrogen) atoms. The minimum atomic E-state index is -0.278. The minimum absolute atomic E-state index is 0.0302. The van der Waals surface area contributed by atoms with Crippen molar-refractivity contribution < 1.29 is 13.9 Å². The zero-order valence-electron chi connectivity index (χ0n) is 15.9. The number of carbonyl (C=O) groups is 1. The summed E-state index contributed by atoms with van der Waals surface area (Å²) in [6.07, 6.45) is 7.08. The van der Waals surface area contributed by atoms with Gasteiger partial charge in [-0.1, -0.05) is 49.6 Å². The number of ether oxygens (including phenoxy) is 1. The summed E-state index contributed by atoms with van der Waals surface area (Å²) in [6, 6.07) is 8.08. The summed E-state index contributed by atoms with van der Waals surface area (Å²) >= 11 is 1.28. The van der Waals surface area contributed by atoms with Crippen LogP contribution in [0.4, 0.5) is 0 Å². The number of thioether (sulfide) groups is 1. The summed E-state index contributed by atoms with van der Waals surface area (Å²) in [4.78, 5) is 12.4. The van der Waals surface area contributed by atoms with E-state index in [4.69, 9.17) is 9.15 Å². The average molecular weight is 390 g/mol. The van der Waals surface area contributed by atoms with Crippen LogP contribution in [-0.4, -0.2) is 27.4 Å². The fourth-order valence-corrected chi connectivity index (χ4v) is 3.85. The summed E-state index contributed by atoms with van der Waals surface area (Å²) in [7, 11) is 0. The van der Waals surface area contributed by atoms with Gasteiger partial charge in [-0.3, -0.25) is 4.79 Å². The third kappa shape index (κ3) is 6.27. The third-order valence-electron chi connectivity index (χ3n) is 4.65. The van der Waals surface area contributed by atoms with Crippen LogP contribution in [0.3, 0.4) is 0 Å². The van der Waals surface area contributed by atoms with Gasteiger partial charge in [-0.15, -0.1) is 10.2 Å². The Morgan fingerprint density at radius 3 is 2.81 bits per heavy atom. The van der Waals surface area contributed by atoms with Crippen molar-refractivity contribution in [2.75, 3.05) is 0 Å². The first kappa shape index (κ1) is 19.7. The number of benzene rings is 1. The Labute approximate surface area is 164 Å². The molecule has 1 heterocycles. The molecule has 146 valence electrons. The largest absolute Gasteiger partial charge is 0.484 e. The molecular formula is C20H27N3O3S. The molecule has 6 nitrogen and oxygen atoms in total. The molecule has 1 fully saturated rings. The van der Waals surface area contributed by atoms with Crippen molar-refractivity contribution in [3.8, 4) is 5.75 Å². The van der Waals surface area contributed by atoms with E-state index < -0.39 is 0 Å². The molecule has 0 aliphatic heterocycles. The predicted molar refractivity (Wildman–Crippen MR) is 105 cm³/mol. The molecule has 0 radical (unpaired) electrons. The van der Waals surface area contributed by atoms with Gasteiger partial charge in [-0.25, -0.2) is 0 Å². The van der Waals surface area contributed by atoms with Gasteiger partial charge in [-0.05, 0) is 44.4 Å². The summed E-state index contributed by atoms with van der Waals surface area (Å²) in [5, 5.41) is 11.3. The van der Waals surface area contributed by atoms with E-state index in [1.54, 1.807) is 0 Å². The number of nitrogens with zero attached hydrogens (tertiary/aromatic N) is 2. The molecule has 1 aliphatic carbocycles. The number of hydrogen-bond donors (Lipinski definition) is 1. The number of amides is 1. The SMILES string of the molecule is Cc1cccc(OCc2nnc(S[C@H](C)C(=O)NC3CCCCCC3)o2)c1. The molecule has 1 N–H and O–H groups in total. The Bertz CT molecular complexity index is 742. The van der Waals surface area contributed by atoms with Crippen molar-refractivity contribution in [2.45, 2.75) is 75.5 Å².